The minimum atomic E-state index is -1.38. The van der Waals surface area contributed by atoms with E-state index in [4.69, 9.17) is 4.74 Å². The molecule has 5 nitrogen and oxygen atoms in total. The van der Waals surface area contributed by atoms with Gasteiger partial charge in [0.2, 0.25) is 0 Å². The van der Waals surface area contributed by atoms with Crippen LogP contribution in [0.5, 0.6) is 0 Å². The van der Waals surface area contributed by atoms with Crippen molar-refractivity contribution in [3.63, 3.8) is 0 Å². The summed E-state index contributed by atoms with van der Waals surface area (Å²) in [6.45, 7) is 2.17. The van der Waals surface area contributed by atoms with Crippen LogP contribution in [0.3, 0.4) is 0 Å². The molecule has 1 aliphatic heterocycles. The fourth-order valence-electron chi connectivity index (χ4n) is 2.89. The van der Waals surface area contributed by atoms with Gasteiger partial charge >= 0.3 is 0 Å². The van der Waals surface area contributed by atoms with Crippen LogP contribution < -0.4 is 4.90 Å². The zero-order valence-corrected chi connectivity index (χ0v) is 12.6. The van der Waals surface area contributed by atoms with Crippen LogP contribution in [0.25, 0.3) is 0 Å². The highest BCUT2D eigenvalue weighted by Gasteiger charge is 2.42. The highest BCUT2D eigenvalue weighted by atomic mass is 19.1. The normalized spacial score (nSPS) is 17.0. The number of benzene rings is 1. The standard InChI is InChI=1S/C16H18FN3O2/c1-16(22-2,11-6-3-4-7-12(11)17)15(21)20-9-5-8-13-14(20)10-18-19-13/h3-4,6-7,10H,5,8-9H2,1-2H3,(H,18,19). The molecule has 22 heavy (non-hydrogen) atoms. The van der Waals surface area contributed by atoms with E-state index in [1.807, 2.05) is 0 Å². The lowest BCUT2D eigenvalue weighted by atomic mass is 9.92. The first-order chi connectivity index (χ1) is 10.6. The minimum absolute atomic E-state index is 0.234. The average molecular weight is 303 g/mol. The Morgan fingerprint density at radius 2 is 2.23 bits per heavy atom. The second-order valence-corrected chi connectivity index (χ2v) is 5.51. The quantitative estimate of drug-likeness (QED) is 0.947. The number of hydrogen-bond acceptors (Lipinski definition) is 3. The number of nitrogens with one attached hydrogen (secondary N) is 1. The molecule has 2 aromatic rings. The van der Waals surface area contributed by atoms with E-state index in [0.717, 1.165) is 24.2 Å². The number of fused-ring (bicyclic) bond motifs is 1. The molecule has 1 aromatic heterocycles. The van der Waals surface area contributed by atoms with Gasteiger partial charge in [0.1, 0.15) is 5.82 Å². The maximum Gasteiger partial charge on any atom is 0.263 e. The second kappa shape index (κ2) is 5.53. The molecule has 116 valence electrons. The van der Waals surface area contributed by atoms with Crippen molar-refractivity contribution >= 4 is 11.6 Å². The number of ether oxygens (including phenoxy) is 1. The number of aromatic nitrogens is 2. The highest BCUT2D eigenvalue weighted by molar-refractivity contribution is 6.00. The number of aromatic amines is 1. The third-order valence-corrected chi connectivity index (χ3v) is 4.24. The van der Waals surface area contributed by atoms with Crippen LogP contribution in [-0.4, -0.2) is 29.8 Å². The molecule has 0 bridgehead atoms. The summed E-state index contributed by atoms with van der Waals surface area (Å²) in [7, 11) is 1.42. The summed E-state index contributed by atoms with van der Waals surface area (Å²) in [6, 6.07) is 6.20. The van der Waals surface area contributed by atoms with E-state index >= 15 is 0 Å². The number of carbonyl (C=O) groups excluding carboxylic acids is 1. The molecule has 0 saturated carbocycles. The van der Waals surface area contributed by atoms with Crippen molar-refractivity contribution in [2.24, 2.45) is 0 Å². The van der Waals surface area contributed by atoms with Crippen molar-refractivity contribution < 1.29 is 13.9 Å². The Bertz CT molecular complexity index is 700. The van der Waals surface area contributed by atoms with Crippen molar-refractivity contribution in [2.45, 2.75) is 25.4 Å². The Labute approximate surface area is 128 Å². The molecule has 1 aliphatic rings. The van der Waals surface area contributed by atoms with Crippen LogP contribution in [0.2, 0.25) is 0 Å². The molecule has 1 N–H and O–H groups in total. The van der Waals surface area contributed by atoms with Crippen molar-refractivity contribution in [3.05, 3.63) is 47.5 Å². The molecule has 1 aromatic carbocycles. The molecular weight excluding hydrogens is 285 g/mol. The molecule has 0 aliphatic carbocycles. The van der Waals surface area contributed by atoms with Crippen LogP contribution in [0, 0.1) is 5.82 Å². The SMILES string of the molecule is COC(C)(C(=O)N1CCCc2[nH]ncc21)c1ccccc1F. The number of rotatable bonds is 3. The Morgan fingerprint density at radius 1 is 1.45 bits per heavy atom. The largest absolute Gasteiger partial charge is 0.364 e. The zero-order valence-electron chi connectivity index (χ0n) is 12.6. The lowest BCUT2D eigenvalue weighted by molar-refractivity contribution is -0.140. The Morgan fingerprint density at radius 3 is 2.95 bits per heavy atom. The van der Waals surface area contributed by atoms with Gasteiger partial charge in [-0.25, -0.2) is 4.39 Å². The number of hydrogen-bond donors (Lipinski definition) is 1. The lowest BCUT2D eigenvalue weighted by Gasteiger charge is -2.35. The predicted octanol–water partition coefficient (Wildman–Crippen LogP) is 2.39. The van der Waals surface area contributed by atoms with E-state index in [1.165, 1.54) is 13.2 Å². The molecule has 1 unspecified atom stereocenters. The number of amides is 1. The zero-order chi connectivity index (χ0) is 15.7. The van der Waals surface area contributed by atoms with Gasteiger partial charge in [-0.2, -0.15) is 5.10 Å². The first-order valence-corrected chi connectivity index (χ1v) is 7.22. The smallest absolute Gasteiger partial charge is 0.263 e. The Kier molecular flexibility index (Phi) is 3.70. The number of nitrogens with zero attached hydrogens (tertiary/aromatic N) is 2. The number of carbonyl (C=O) groups is 1. The van der Waals surface area contributed by atoms with E-state index in [2.05, 4.69) is 10.2 Å². The fourth-order valence-corrected chi connectivity index (χ4v) is 2.89. The Balaban J connectivity index is 2.02. The van der Waals surface area contributed by atoms with E-state index in [1.54, 1.807) is 36.2 Å². The summed E-state index contributed by atoms with van der Waals surface area (Å²) in [5, 5.41) is 6.91. The van der Waals surface area contributed by atoms with Crippen LogP contribution in [0.4, 0.5) is 10.1 Å². The predicted molar refractivity (Wildman–Crippen MR) is 80.0 cm³/mol. The maximum atomic E-state index is 14.2. The third-order valence-electron chi connectivity index (χ3n) is 4.24. The van der Waals surface area contributed by atoms with Crippen LogP contribution in [-0.2, 0) is 21.6 Å². The van der Waals surface area contributed by atoms with Gasteiger partial charge < -0.3 is 9.64 Å². The van der Waals surface area contributed by atoms with Gasteiger partial charge in [0.05, 0.1) is 17.6 Å². The molecule has 6 heteroatoms. The molecule has 1 amide bonds. The molecule has 3 rings (SSSR count). The van der Waals surface area contributed by atoms with Crippen LogP contribution in [0.1, 0.15) is 24.6 Å². The van der Waals surface area contributed by atoms with Gasteiger partial charge in [-0.05, 0) is 25.8 Å². The van der Waals surface area contributed by atoms with Crippen molar-refractivity contribution in [1.82, 2.24) is 10.2 Å². The first-order valence-electron chi connectivity index (χ1n) is 7.22. The summed E-state index contributed by atoms with van der Waals surface area (Å²) in [5.41, 5.74) is 0.526. The number of anilines is 1. The van der Waals surface area contributed by atoms with Gasteiger partial charge in [-0.3, -0.25) is 9.89 Å². The molecule has 1 atom stereocenters. The summed E-state index contributed by atoms with van der Waals surface area (Å²) in [6.07, 6.45) is 3.31. The topological polar surface area (TPSA) is 58.2 Å². The summed E-state index contributed by atoms with van der Waals surface area (Å²) in [4.78, 5) is 14.7. The van der Waals surface area contributed by atoms with Crippen LogP contribution in [0.15, 0.2) is 30.5 Å². The van der Waals surface area contributed by atoms with E-state index in [-0.39, 0.29) is 11.5 Å². The Hall–Kier alpha value is -2.21. The fraction of sp³-hybridized carbons (Fsp3) is 0.375. The highest BCUT2D eigenvalue weighted by Crippen LogP contribution is 2.34. The maximum absolute atomic E-state index is 14.2. The lowest BCUT2D eigenvalue weighted by Crippen LogP contribution is -2.48. The van der Waals surface area contributed by atoms with Gasteiger partial charge in [-0.15, -0.1) is 0 Å². The average Bonchev–Trinajstić information content (AvgIpc) is 3.02. The first kappa shape index (κ1) is 14.7. The van der Waals surface area contributed by atoms with Crippen molar-refractivity contribution in [3.8, 4) is 0 Å². The third kappa shape index (κ3) is 2.20. The van der Waals surface area contributed by atoms with Gasteiger partial charge in [0.25, 0.3) is 5.91 Å². The van der Waals surface area contributed by atoms with E-state index in [9.17, 15) is 9.18 Å². The minimum Gasteiger partial charge on any atom is -0.364 e. The molecule has 0 fully saturated rings. The van der Waals surface area contributed by atoms with Gasteiger partial charge in [0, 0.05) is 19.2 Å². The monoisotopic (exact) mass is 303 g/mol. The second-order valence-electron chi connectivity index (χ2n) is 5.51. The number of H-pyrrole nitrogens is 1. The van der Waals surface area contributed by atoms with Gasteiger partial charge in [-0.1, -0.05) is 18.2 Å². The van der Waals surface area contributed by atoms with E-state index < -0.39 is 11.4 Å². The number of halogens is 1. The van der Waals surface area contributed by atoms with E-state index in [0.29, 0.717) is 6.54 Å². The molecule has 0 saturated heterocycles. The van der Waals surface area contributed by atoms with Crippen LogP contribution >= 0.6 is 0 Å². The van der Waals surface area contributed by atoms with Gasteiger partial charge in [0.15, 0.2) is 5.60 Å². The number of aryl methyl sites for hydroxylation is 1. The van der Waals surface area contributed by atoms with Crippen molar-refractivity contribution in [2.75, 3.05) is 18.6 Å². The summed E-state index contributed by atoms with van der Waals surface area (Å²) in [5.74, 6) is -0.743. The summed E-state index contributed by atoms with van der Waals surface area (Å²) >= 11 is 0. The molecule has 2 heterocycles. The number of methoxy groups -OCH3 is 1. The molecule has 0 radical (unpaired) electrons. The van der Waals surface area contributed by atoms with Crippen molar-refractivity contribution in [1.29, 1.82) is 0 Å². The summed E-state index contributed by atoms with van der Waals surface area (Å²) < 4.78 is 19.6. The molecular formula is C16H18FN3O2. The molecule has 0 spiro atoms.